The SMILES string of the molecule is NC(=O)CCN1CCC(N)CC1. The summed E-state index contributed by atoms with van der Waals surface area (Å²) in [5, 5.41) is 0. The minimum Gasteiger partial charge on any atom is -0.370 e. The molecule has 1 aliphatic rings. The lowest BCUT2D eigenvalue weighted by Gasteiger charge is -2.29. The van der Waals surface area contributed by atoms with Crippen molar-refractivity contribution in [2.24, 2.45) is 11.5 Å². The number of carbonyl (C=O) groups excluding carboxylic acids is 1. The predicted molar refractivity (Wildman–Crippen MR) is 47.5 cm³/mol. The van der Waals surface area contributed by atoms with E-state index >= 15 is 0 Å². The molecule has 4 heteroatoms. The van der Waals surface area contributed by atoms with Crippen molar-refractivity contribution < 1.29 is 4.79 Å². The van der Waals surface area contributed by atoms with Crippen molar-refractivity contribution in [3.8, 4) is 0 Å². The summed E-state index contributed by atoms with van der Waals surface area (Å²) in [5.41, 5.74) is 10.8. The van der Waals surface area contributed by atoms with Crippen LogP contribution in [0.2, 0.25) is 0 Å². The quantitative estimate of drug-likeness (QED) is 0.589. The standard InChI is InChI=1S/C8H17N3O/c9-7-1-4-11(5-2-7)6-3-8(10)12/h7H,1-6,9H2,(H2,10,12). The van der Waals surface area contributed by atoms with Gasteiger partial charge in [-0.3, -0.25) is 4.79 Å². The molecule has 0 spiro atoms. The first-order valence-corrected chi connectivity index (χ1v) is 4.44. The second-order valence-electron chi connectivity index (χ2n) is 3.40. The van der Waals surface area contributed by atoms with E-state index in [1.165, 1.54) is 0 Å². The third-order valence-corrected chi connectivity index (χ3v) is 2.31. The number of primary amides is 1. The zero-order valence-corrected chi connectivity index (χ0v) is 7.33. The number of amides is 1. The Morgan fingerprint density at radius 1 is 1.42 bits per heavy atom. The van der Waals surface area contributed by atoms with Crippen LogP contribution in [0.3, 0.4) is 0 Å². The van der Waals surface area contributed by atoms with E-state index in [0.717, 1.165) is 32.5 Å². The van der Waals surface area contributed by atoms with Crippen LogP contribution in [0.15, 0.2) is 0 Å². The molecule has 0 atom stereocenters. The van der Waals surface area contributed by atoms with Gasteiger partial charge >= 0.3 is 0 Å². The fourth-order valence-corrected chi connectivity index (χ4v) is 1.44. The summed E-state index contributed by atoms with van der Waals surface area (Å²) in [6, 6.07) is 0.356. The molecule has 12 heavy (non-hydrogen) atoms. The minimum absolute atomic E-state index is 0.218. The molecular formula is C8H17N3O. The number of piperidine rings is 1. The van der Waals surface area contributed by atoms with Crippen molar-refractivity contribution in [2.45, 2.75) is 25.3 Å². The van der Waals surface area contributed by atoms with E-state index in [4.69, 9.17) is 11.5 Å². The number of likely N-dealkylation sites (tertiary alicyclic amines) is 1. The van der Waals surface area contributed by atoms with E-state index in [1.807, 2.05) is 0 Å². The van der Waals surface area contributed by atoms with Gasteiger partial charge in [0.25, 0.3) is 0 Å². The van der Waals surface area contributed by atoms with E-state index < -0.39 is 0 Å². The van der Waals surface area contributed by atoms with Crippen LogP contribution in [0, 0.1) is 0 Å². The number of nitrogens with zero attached hydrogens (tertiary/aromatic N) is 1. The van der Waals surface area contributed by atoms with Gasteiger partial charge < -0.3 is 16.4 Å². The number of nitrogens with two attached hydrogens (primary N) is 2. The van der Waals surface area contributed by atoms with Gasteiger partial charge in [-0.05, 0) is 25.9 Å². The third kappa shape index (κ3) is 3.19. The van der Waals surface area contributed by atoms with Crippen LogP contribution in [-0.2, 0) is 4.79 Å². The summed E-state index contributed by atoms with van der Waals surface area (Å²) in [7, 11) is 0. The third-order valence-electron chi connectivity index (χ3n) is 2.31. The van der Waals surface area contributed by atoms with Crippen LogP contribution in [0.5, 0.6) is 0 Å². The van der Waals surface area contributed by atoms with Crippen LogP contribution in [-0.4, -0.2) is 36.5 Å². The van der Waals surface area contributed by atoms with Gasteiger partial charge in [-0.15, -0.1) is 0 Å². The maximum atomic E-state index is 10.5. The Balaban J connectivity index is 2.13. The number of rotatable bonds is 3. The topological polar surface area (TPSA) is 72.4 Å². The first-order chi connectivity index (χ1) is 5.68. The van der Waals surface area contributed by atoms with Crippen molar-refractivity contribution in [1.29, 1.82) is 0 Å². The van der Waals surface area contributed by atoms with Crippen LogP contribution < -0.4 is 11.5 Å². The molecule has 0 bridgehead atoms. The molecule has 1 fully saturated rings. The Morgan fingerprint density at radius 3 is 2.50 bits per heavy atom. The molecule has 1 rings (SSSR count). The average molecular weight is 171 g/mol. The minimum atomic E-state index is -0.218. The molecule has 0 aliphatic carbocycles. The maximum absolute atomic E-state index is 10.5. The molecule has 4 nitrogen and oxygen atoms in total. The Bertz CT molecular complexity index is 152. The van der Waals surface area contributed by atoms with Gasteiger partial charge in [-0.25, -0.2) is 0 Å². The van der Waals surface area contributed by atoms with Crippen LogP contribution in [0.4, 0.5) is 0 Å². The molecule has 0 saturated carbocycles. The molecule has 4 N–H and O–H groups in total. The highest BCUT2D eigenvalue weighted by molar-refractivity contribution is 5.73. The number of hydrogen-bond acceptors (Lipinski definition) is 3. The van der Waals surface area contributed by atoms with Crippen molar-refractivity contribution in [3.05, 3.63) is 0 Å². The lowest BCUT2D eigenvalue weighted by Crippen LogP contribution is -2.40. The highest BCUT2D eigenvalue weighted by Crippen LogP contribution is 2.07. The highest BCUT2D eigenvalue weighted by atomic mass is 16.1. The van der Waals surface area contributed by atoms with Crippen molar-refractivity contribution in [2.75, 3.05) is 19.6 Å². The lowest BCUT2D eigenvalue weighted by molar-refractivity contribution is -0.118. The maximum Gasteiger partial charge on any atom is 0.218 e. The van der Waals surface area contributed by atoms with Crippen LogP contribution in [0.1, 0.15) is 19.3 Å². The fraction of sp³-hybridized carbons (Fsp3) is 0.875. The van der Waals surface area contributed by atoms with E-state index in [0.29, 0.717) is 12.5 Å². The number of carbonyl (C=O) groups is 1. The Morgan fingerprint density at radius 2 is 2.00 bits per heavy atom. The summed E-state index contributed by atoms with van der Waals surface area (Å²) in [6.45, 7) is 2.81. The highest BCUT2D eigenvalue weighted by Gasteiger charge is 2.15. The zero-order valence-electron chi connectivity index (χ0n) is 7.33. The summed E-state index contributed by atoms with van der Waals surface area (Å²) in [5.74, 6) is -0.218. The second-order valence-corrected chi connectivity index (χ2v) is 3.40. The van der Waals surface area contributed by atoms with Gasteiger partial charge in [0, 0.05) is 19.0 Å². The molecule has 0 aromatic rings. The number of hydrogen-bond donors (Lipinski definition) is 2. The lowest BCUT2D eigenvalue weighted by atomic mass is 10.1. The van der Waals surface area contributed by atoms with E-state index in [2.05, 4.69) is 4.90 Å². The predicted octanol–water partition coefficient (Wildman–Crippen LogP) is -0.715. The monoisotopic (exact) mass is 171 g/mol. The van der Waals surface area contributed by atoms with Gasteiger partial charge in [0.15, 0.2) is 0 Å². The van der Waals surface area contributed by atoms with Crippen LogP contribution >= 0.6 is 0 Å². The van der Waals surface area contributed by atoms with Crippen molar-refractivity contribution >= 4 is 5.91 Å². The molecule has 0 unspecified atom stereocenters. The van der Waals surface area contributed by atoms with Gasteiger partial charge in [0.05, 0.1) is 0 Å². The smallest absolute Gasteiger partial charge is 0.218 e. The largest absolute Gasteiger partial charge is 0.370 e. The molecule has 1 aliphatic heterocycles. The van der Waals surface area contributed by atoms with Gasteiger partial charge in [-0.1, -0.05) is 0 Å². The Kier molecular flexibility index (Phi) is 3.49. The molecule has 1 amide bonds. The molecule has 1 heterocycles. The Labute approximate surface area is 72.9 Å². The molecule has 1 saturated heterocycles. The van der Waals surface area contributed by atoms with Crippen molar-refractivity contribution in [1.82, 2.24) is 4.90 Å². The summed E-state index contributed by atoms with van der Waals surface area (Å²) < 4.78 is 0. The molecular weight excluding hydrogens is 154 g/mol. The summed E-state index contributed by atoms with van der Waals surface area (Å²) >= 11 is 0. The second kappa shape index (κ2) is 4.42. The Hall–Kier alpha value is -0.610. The van der Waals surface area contributed by atoms with E-state index in [9.17, 15) is 4.79 Å². The summed E-state index contributed by atoms with van der Waals surface area (Å²) in [6.07, 6.45) is 2.55. The van der Waals surface area contributed by atoms with Gasteiger partial charge in [-0.2, -0.15) is 0 Å². The van der Waals surface area contributed by atoms with Gasteiger partial charge in [0.2, 0.25) is 5.91 Å². The first kappa shape index (κ1) is 9.48. The zero-order chi connectivity index (χ0) is 8.97. The molecule has 0 aromatic carbocycles. The fourth-order valence-electron chi connectivity index (χ4n) is 1.44. The van der Waals surface area contributed by atoms with Gasteiger partial charge in [0.1, 0.15) is 0 Å². The first-order valence-electron chi connectivity index (χ1n) is 4.44. The van der Waals surface area contributed by atoms with E-state index in [1.54, 1.807) is 0 Å². The average Bonchev–Trinajstić information content (AvgIpc) is 2.03. The molecule has 0 radical (unpaired) electrons. The van der Waals surface area contributed by atoms with E-state index in [-0.39, 0.29) is 5.91 Å². The van der Waals surface area contributed by atoms with Crippen molar-refractivity contribution in [3.63, 3.8) is 0 Å². The van der Waals surface area contributed by atoms with Crippen LogP contribution in [0.25, 0.3) is 0 Å². The summed E-state index contributed by atoms with van der Waals surface area (Å²) in [4.78, 5) is 12.7. The molecule has 0 aromatic heterocycles. The molecule has 70 valence electrons. The normalized spacial score (nSPS) is 21.1.